The number of hydrogen-bond donors (Lipinski definition) is 1. The van der Waals surface area contributed by atoms with Gasteiger partial charge in [-0.15, -0.1) is 11.3 Å². The Morgan fingerprint density at radius 3 is 2.93 bits per heavy atom. The number of hydrogen-bond acceptors (Lipinski definition) is 4. The third-order valence-corrected chi connectivity index (χ3v) is 3.21. The first kappa shape index (κ1) is 12.5. The second-order valence-electron chi connectivity index (χ2n) is 3.26. The number of nitrogens with one attached hydrogen (secondary N) is 1. The fourth-order valence-corrected chi connectivity index (χ4v) is 2.20. The molecule has 0 bridgehead atoms. The first-order valence-corrected chi connectivity index (χ1v) is 5.85. The minimum atomic E-state index is -0.188. The first-order valence-electron chi connectivity index (χ1n) is 4.66. The van der Waals surface area contributed by atoms with Crippen LogP contribution in [0.1, 0.15) is 11.8 Å². The quantitative estimate of drug-likeness (QED) is 0.812. The van der Waals surface area contributed by atoms with Crippen molar-refractivity contribution in [2.24, 2.45) is 5.92 Å². The van der Waals surface area contributed by atoms with Gasteiger partial charge in [0.25, 0.3) is 0 Å². The van der Waals surface area contributed by atoms with E-state index in [0.29, 0.717) is 6.54 Å². The van der Waals surface area contributed by atoms with Gasteiger partial charge in [-0.2, -0.15) is 0 Å². The zero-order chi connectivity index (χ0) is 11.3. The molecule has 0 aliphatic rings. The van der Waals surface area contributed by atoms with Crippen molar-refractivity contribution in [2.45, 2.75) is 13.5 Å². The molecule has 1 unspecified atom stereocenters. The lowest BCUT2D eigenvalue weighted by molar-refractivity contribution is -0.144. The average Bonchev–Trinajstić information content (AvgIpc) is 2.63. The smallest absolute Gasteiger partial charge is 0.309 e. The molecule has 84 valence electrons. The fourth-order valence-electron chi connectivity index (χ4n) is 1.14. The van der Waals surface area contributed by atoms with E-state index < -0.39 is 0 Å². The number of carbonyl (C=O) groups excluding carboxylic acids is 1. The normalized spacial score (nSPS) is 12.5. The third-order valence-electron chi connectivity index (χ3n) is 1.98. The molecule has 3 nitrogen and oxygen atoms in total. The molecule has 15 heavy (non-hydrogen) atoms. The largest absolute Gasteiger partial charge is 0.469 e. The molecule has 0 spiro atoms. The van der Waals surface area contributed by atoms with E-state index in [0.717, 1.165) is 15.8 Å². The summed E-state index contributed by atoms with van der Waals surface area (Å²) >= 11 is 7.33. The van der Waals surface area contributed by atoms with Gasteiger partial charge in [-0.05, 0) is 12.1 Å². The van der Waals surface area contributed by atoms with Crippen LogP contribution in [0.15, 0.2) is 12.1 Å². The van der Waals surface area contributed by atoms with Crippen molar-refractivity contribution >= 4 is 28.9 Å². The van der Waals surface area contributed by atoms with Gasteiger partial charge in [0.2, 0.25) is 0 Å². The number of thiophene rings is 1. The molecule has 1 rings (SSSR count). The highest BCUT2D eigenvalue weighted by atomic mass is 35.5. The Kier molecular flexibility index (Phi) is 5.08. The highest BCUT2D eigenvalue weighted by Crippen LogP contribution is 2.20. The Morgan fingerprint density at radius 1 is 1.67 bits per heavy atom. The lowest BCUT2D eigenvalue weighted by atomic mass is 10.2. The second kappa shape index (κ2) is 6.10. The predicted molar refractivity (Wildman–Crippen MR) is 62.2 cm³/mol. The van der Waals surface area contributed by atoms with Gasteiger partial charge in [0.05, 0.1) is 17.4 Å². The molecule has 0 radical (unpaired) electrons. The summed E-state index contributed by atoms with van der Waals surface area (Å²) in [6, 6.07) is 3.84. The van der Waals surface area contributed by atoms with Crippen LogP contribution >= 0.6 is 22.9 Å². The van der Waals surface area contributed by atoms with Crippen LogP contribution in [0.4, 0.5) is 0 Å². The Morgan fingerprint density at radius 2 is 2.40 bits per heavy atom. The molecule has 1 aromatic rings. The van der Waals surface area contributed by atoms with Gasteiger partial charge in [-0.3, -0.25) is 4.79 Å². The molecule has 0 aromatic carbocycles. The van der Waals surface area contributed by atoms with E-state index in [1.807, 2.05) is 19.1 Å². The van der Waals surface area contributed by atoms with Gasteiger partial charge in [0, 0.05) is 18.0 Å². The summed E-state index contributed by atoms with van der Waals surface area (Å²) in [7, 11) is 1.40. The molecule has 1 heterocycles. The maximum atomic E-state index is 11.1. The van der Waals surface area contributed by atoms with Crippen molar-refractivity contribution < 1.29 is 9.53 Å². The number of rotatable bonds is 5. The molecular weight excluding hydrogens is 234 g/mol. The second-order valence-corrected chi connectivity index (χ2v) is 5.06. The summed E-state index contributed by atoms with van der Waals surface area (Å²) in [4.78, 5) is 12.2. The van der Waals surface area contributed by atoms with Crippen LogP contribution in [0, 0.1) is 5.92 Å². The van der Waals surface area contributed by atoms with E-state index in [-0.39, 0.29) is 11.9 Å². The monoisotopic (exact) mass is 247 g/mol. The van der Waals surface area contributed by atoms with Crippen molar-refractivity contribution in [2.75, 3.05) is 13.7 Å². The van der Waals surface area contributed by atoms with E-state index >= 15 is 0 Å². The molecule has 1 aromatic heterocycles. The van der Waals surface area contributed by atoms with Crippen LogP contribution in [-0.4, -0.2) is 19.6 Å². The zero-order valence-electron chi connectivity index (χ0n) is 8.75. The van der Waals surface area contributed by atoms with Gasteiger partial charge in [0.1, 0.15) is 0 Å². The average molecular weight is 248 g/mol. The van der Waals surface area contributed by atoms with Crippen molar-refractivity contribution in [3.05, 3.63) is 21.3 Å². The van der Waals surface area contributed by atoms with E-state index in [2.05, 4.69) is 10.1 Å². The summed E-state index contributed by atoms with van der Waals surface area (Å²) < 4.78 is 5.41. The van der Waals surface area contributed by atoms with Crippen LogP contribution in [-0.2, 0) is 16.1 Å². The standard InChI is InChI=1S/C10H14ClNO2S/c1-7(10(13)14-2)5-12-6-8-3-4-9(11)15-8/h3-4,7,12H,5-6H2,1-2H3. The number of esters is 1. The Balaban J connectivity index is 2.24. The summed E-state index contributed by atoms with van der Waals surface area (Å²) in [5.41, 5.74) is 0. The first-order chi connectivity index (χ1) is 7.13. The third kappa shape index (κ3) is 4.20. The van der Waals surface area contributed by atoms with Gasteiger partial charge in [-0.25, -0.2) is 0 Å². The number of methoxy groups -OCH3 is 1. The number of halogens is 1. The zero-order valence-corrected chi connectivity index (χ0v) is 10.3. The number of ether oxygens (including phenoxy) is 1. The van der Waals surface area contributed by atoms with Crippen LogP contribution in [0.3, 0.4) is 0 Å². The van der Waals surface area contributed by atoms with Crippen molar-refractivity contribution in [1.29, 1.82) is 0 Å². The summed E-state index contributed by atoms with van der Waals surface area (Å²) in [5.74, 6) is -0.308. The maximum Gasteiger partial charge on any atom is 0.309 e. The Bertz CT molecular complexity index is 327. The van der Waals surface area contributed by atoms with E-state index in [1.54, 1.807) is 11.3 Å². The molecule has 1 N–H and O–H groups in total. The van der Waals surface area contributed by atoms with Gasteiger partial charge in [-0.1, -0.05) is 18.5 Å². The lowest BCUT2D eigenvalue weighted by Crippen LogP contribution is -2.26. The molecular formula is C10H14ClNO2S. The van der Waals surface area contributed by atoms with Crippen molar-refractivity contribution in [3.8, 4) is 0 Å². The molecule has 0 amide bonds. The molecule has 0 saturated heterocycles. The predicted octanol–water partition coefficient (Wildman–Crippen LogP) is 2.30. The van der Waals surface area contributed by atoms with Gasteiger partial charge in [0.15, 0.2) is 0 Å². The van der Waals surface area contributed by atoms with Crippen LogP contribution in [0.2, 0.25) is 4.34 Å². The van der Waals surface area contributed by atoms with Gasteiger partial charge < -0.3 is 10.1 Å². The maximum absolute atomic E-state index is 11.1. The molecule has 0 fully saturated rings. The van der Waals surface area contributed by atoms with Crippen molar-refractivity contribution in [1.82, 2.24) is 5.32 Å². The molecule has 0 aliphatic heterocycles. The van der Waals surface area contributed by atoms with Crippen LogP contribution < -0.4 is 5.32 Å². The van der Waals surface area contributed by atoms with E-state index in [1.165, 1.54) is 7.11 Å². The summed E-state index contributed by atoms with van der Waals surface area (Å²) in [5, 5.41) is 3.18. The van der Waals surface area contributed by atoms with Crippen molar-refractivity contribution in [3.63, 3.8) is 0 Å². The molecule has 0 saturated carbocycles. The lowest BCUT2D eigenvalue weighted by Gasteiger charge is -2.09. The van der Waals surface area contributed by atoms with Crippen LogP contribution in [0.25, 0.3) is 0 Å². The minimum Gasteiger partial charge on any atom is -0.469 e. The fraction of sp³-hybridized carbons (Fsp3) is 0.500. The highest BCUT2D eigenvalue weighted by Gasteiger charge is 2.11. The Labute approximate surface area is 98.4 Å². The summed E-state index contributed by atoms with van der Waals surface area (Å²) in [6.07, 6.45) is 0. The summed E-state index contributed by atoms with van der Waals surface area (Å²) in [6.45, 7) is 3.18. The molecule has 5 heteroatoms. The number of carbonyl (C=O) groups is 1. The molecule has 0 aliphatic carbocycles. The van der Waals surface area contributed by atoms with Crippen LogP contribution in [0.5, 0.6) is 0 Å². The SMILES string of the molecule is COC(=O)C(C)CNCc1ccc(Cl)s1. The highest BCUT2D eigenvalue weighted by molar-refractivity contribution is 7.16. The van der Waals surface area contributed by atoms with E-state index in [9.17, 15) is 4.79 Å². The molecule has 1 atom stereocenters. The Hall–Kier alpha value is -0.580. The van der Waals surface area contributed by atoms with Gasteiger partial charge >= 0.3 is 5.97 Å². The van der Waals surface area contributed by atoms with E-state index in [4.69, 9.17) is 11.6 Å². The topological polar surface area (TPSA) is 38.3 Å². The minimum absolute atomic E-state index is 0.120.